The monoisotopic (exact) mass is 677 g/mol. The van der Waals surface area contributed by atoms with Gasteiger partial charge in [0.15, 0.2) is 0 Å². The van der Waals surface area contributed by atoms with E-state index in [1.807, 2.05) is 68.4 Å². The third-order valence-electron chi connectivity index (χ3n) is 6.91. The summed E-state index contributed by atoms with van der Waals surface area (Å²) in [5, 5.41) is 2.87. The van der Waals surface area contributed by atoms with Crippen molar-refractivity contribution in [3.05, 3.63) is 125 Å². The summed E-state index contributed by atoms with van der Waals surface area (Å²) in [6, 6.07) is 30.6. The number of sulfonamides is 1. The molecule has 0 heterocycles. The molecule has 8 nitrogen and oxygen atoms in total. The van der Waals surface area contributed by atoms with Crippen LogP contribution in [-0.4, -0.2) is 50.9 Å². The van der Waals surface area contributed by atoms with E-state index in [1.165, 1.54) is 17.0 Å². The van der Waals surface area contributed by atoms with Crippen molar-refractivity contribution in [2.45, 2.75) is 37.8 Å². The summed E-state index contributed by atoms with van der Waals surface area (Å²) in [5.74, 6) is -0.265. The van der Waals surface area contributed by atoms with Crippen LogP contribution in [0, 0.1) is 0 Å². The van der Waals surface area contributed by atoms with Gasteiger partial charge in [0.05, 0.1) is 17.2 Å². The number of benzene rings is 4. The molecule has 0 radical (unpaired) electrons. The standard InChI is InChI=1S/C34H36BrN3O5S/c1-3-36-34(40)32(23-26-12-7-5-8-13-26)37(24-27-14-11-15-28(35)22-27)33(39)25-38(29-18-20-30(21-19-29)43-4-2)44(41,42)31-16-9-6-10-17-31/h5-22,32H,3-4,23-25H2,1-2H3,(H,36,40)/t32-/m1/s1. The first-order chi connectivity index (χ1) is 21.2. The van der Waals surface area contributed by atoms with Crippen LogP contribution >= 0.6 is 15.9 Å². The number of nitrogens with zero attached hydrogens (tertiary/aromatic N) is 2. The number of amides is 2. The van der Waals surface area contributed by atoms with E-state index in [4.69, 9.17) is 4.74 Å². The number of rotatable bonds is 14. The Morgan fingerprint density at radius 2 is 1.48 bits per heavy atom. The topological polar surface area (TPSA) is 96.0 Å². The maximum Gasteiger partial charge on any atom is 0.264 e. The van der Waals surface area contributed by atoms with Crippen molar-refractivity contribution in [1.82, 2.24) is 10.2 Å². The van der Waals surface area contributed by atoms with E-state index in [-0.39, 0.29) is 23.8 Å². The van der Waals surface area contributed by atoms with Gasteiger partial charge in [-0.25, -0.2) is 8.42 Å². The highest BCUT2D eigenvalue weighted by atomic mass is 79.9. The van der Waals surface area contributed by atoms with Crippen LogP contribution in [0.5, 0.6) is 5.75 Å². The van der Waals surface area contributed by atoms with E-state index in [0.717, 1.165) is 19.9 Å². The van der Waals surface area contributed by atoms with Gasteiger partial charge >= 0.3 is 0 Å². The van der Waals surface area contributed by atoms with E-state index in [1.54, 1.807) is 42.5 Å². The van der Waals surface area contributed by atoms with Crippen molar-refractivity contribution < 1.29 is 22.7 Å². The molecule has 1 atom stereocenters. The molecule has 0 aromatic heterocycles. The lowest BCUT2D eigenvalue weighted by Gasteiger charge is -2.34. The Bertz CT molecular complexity index is 1630. The maximum absolute atomic E-state index is 14.4. The summed E-state index contributed by atoms with van der Waals surface area (Å²) >= 11 is 3.49. The molecule has 44 heavy (non-hydrogen) atoms. The fourth-order valence-electron chi connectivity index (χ4n) is 4.80. The third kappa shape index (κ3) is 8.48. The summed E-state index contributed by atoms with van der Waals surface area (Å²) in [5.41, 5.74) is 1.95. The van der Waals surface area contributed by atoms with Crippen LogP contribution < -0.4 is 14.4 Å². The Morgan fingerprint density at radius 3 is 2.09 bits per heavy atom. The highest BCUT2D eigenvalue weighted by Crippen LogP contribution is 2.27. The Hall–Kier alpha value is -4.15. The molecular formula is C34H36BrN3O5S. The van der Waals surface area contributed by atoms with Crippen molar-refractivity contribution in [1.29, 1.82) is 0 Å². The SMILES string of the molecule is CCNC(=O)[C@@H](Cc1ccccc1)N(Cc1cccc(Br)c1)C(=O)CN(c1ccc(OCC)cc1)S(=O)(=O)c1ccccc1. The van der Waals surface area contributed by atoms with Crippen LogP contribution in [0.3, 0.4) is 0 Å². The number of likely N-dealkylation sites (N-methyl/N-ethyl adjacent to an activating group) is 1. The van der Waals surface area contributed by atoms with Gasteiger partial charge in [-0.1, -0.05) is 76.6 Å². The molecule has 1 N–H and O–H groups in total. The first kappa shape index (κ1) is 32.8. The first-order valence-corrected chi connectivity index (χ1v) is 16.6. The van der Waals surface area contributed by atoms with Crippen LogP contribution in [0.15, 0.2) is 119 Å². The van der Waals surface area contributed by atoms with Gasteiger partial charge in [-0.05, 0) is 73.5 Å². The number of anilines is 1. The lowest BCUT2D eigenvalue weighted by Crippen LogP contribution is -2.53. The summed E-state index contributed by atoms with van der Waals surface area (Å²) in [4.78, 5) is 29.5. The minimum Gasteiger partial charge on any atom is -0.494 e. The van der Waals surface area contributed by atoms with E-state index in [0.29, 0.717) is 24.6 Å². The number of nitrogens with one attached hydrogen (secondary N) is 1. The van der Waals surface area contributed by atoms with Gasteiger partial charge in [-0.15, -0.1) is 0 Å². The molecule has 0 aliphatic rings. The second-order valence-corrected chi connectivity index (χ2v) is 12.8. The maximum atomic E-state index is 14.4. The molecule has 0 unspecified atom stereocenters. The lowest BCUT2D eigenvalue weighted by atomic mass is 10.0. The van der Waals surface area contributed by atoms with Crippen LogP contribution in [0.2, 0.25) is 0 Å². The van der Waals surface area contributed by atoms with Crippen molar-refractivity contribution in [2.75, 3.05) is 24.0 Å². The summed E-state index contributed by atoms with van der Waals surface area (Å²) in [7, 11) is -4.17. The number of hydrogen-bond donors (Lipinski definition) is 1. The van der Waals surface area contributed by atoms with Gasteiger partial charge in [-0.2, -0.15) is 0 Å². The number of ether oxygens (including phenoxy) is 1. The zero-order valence-corrected chi connectivity index (χ0v) is 27.1. The van der Waals surface area contributed by atoms with Crippen LogP contribution in [0.1, 0.15) is 25.0 Å². The molecule has 4 aromatic carbocycles. The molecule has 0 aliphatic carbocycles. The Kier molecular flexibility index (Phi) is 11.6. The fraction of sp³-hybridized carbons (Fsp3) is 0.235. The zero-order valence-electron chi connectivity index (χ0n) is 24.7. The van der Waals surface area contributed by atoms with Gasteiger partial charge in [-0.3, -0.25) is 13.9 Å². The molecular weight excluding hydrogens is 642 g/mol. The number of halogens is 1. The molecule has 0 spiro atoms. The average molecular weight is 679 g/mol. The number of carbonyl (C=O) groups is 2. The Morgan fingerprint density at radius 1 is 0.841 bits per heavy atom. The molecule has 0 bridgehead atoms. The van der Waals surface area contributed by atoms with Crippen LogP contribution in [0.4, 0.5) is 5.69 Å². The predicted octanol–water partition coefficient (Wildman–Crippen LogP) is 5.82. The van der Waals surface area contributed by atoms with Crippen LogP contribution in [-0.2, 0) is 32.6 Å². The molecule has 230 valence electrons. The smallest absolute Gasteiger partial charge is 0.264 e. The van der Waals surface area contributed by atoms with E-state index < -0.39 is 28.5 Å². The summed E-state index contributed by atoms with van der Waals surface area (Å²) in [6.45, 7) is 4.08. The van der Waals surface area contributed by atoms with Gasteiger partial charge < -0.3 is 15.0 Å². The second kappa shape index (κ2) is 15.5. The molecule has 4 aromatic rings. The normalized spacial score (nSPS) is 11.8. The molecule has 0 saturated heterocycles. The Labute approximate surface area is 267 Å². The van der Waals surface area contributed by atoms with E-state index in [2.05, 4.69) is 21.2 Å². The average Bonchev–Trinajstić information content (AvgIpc) is 3.03. The highest BCUT2D eigenvalue weighted by Gasteiger charge is 2.34. The minimum atomic E-state index is -4.17. The summed E-state index contributed by atoms with van der Waals surface area (Å²) < 4.78 is 35.5. The quantitative estimate of drug-likeness (QED) is 0.182. The molecule has 4 rings (SSSR count). The molecule has 0 fully saturated rings. The molecule has 2 amide bonds. The second-order valence-electron chi connectivity index (χ2n) is 10.0. The van der Waals surface area contributed by atoms with Gasteiger partial charge in [0, 0.05) is 24.0 Å². The molecule has 10 heteroatoms. The minimum absolute atomic E-state index is 0.0461. The van der Waals surface area contributed by atoms with E-state index >= 15 is 0 Å². The largest absolute Gasteiger partial charge is 0.494 e. The van der Waals surface area contributed by atoms with Gasteiger partial charge in [0.1, 0.15) is 18.3 Å². The predicted molar refractivity (Wildman–Crippen MR) is 176 cm³/mol. The first-order valence-electron chi connectivity index (χ1n) is 14.4. The molecule has 0 aliphatic heterocycles. The van der Waals surface area contributed by atoms with E-state index in [9.17, 15) is 18.0 Å². The Balaban J connectivity index is 1.78. The van der Waals surface area contributed by atoms with Crippen molar-refractivity contribution in [3.63, 3.8) is 0 Å². The highest BCUT2D eigenvalue weighted by molar-refractivity contribution is 9.10. The molecule has 0 saturated carbocycles. The van der Waals surface area contributed by atoms with Crippen molar-refractivity contribution in [3.8, 4) is 5.75 Å². The van der Waals surface area contributed by atoms with Gasteiger partial charge in [0.25, 0.3) is 10.0 Å². The third-order valence-corrected chi connectivity index (χ3v) is 9.19. The van der Waals surface area contributed by atoms with Crippen molar-refractivity contribution in [2.24, 2.45) is 0 Å². The summed E-state index contributed by atoms with van der Waals surface area (Å²) in [6.07, 6.45) is 0.251. The fourth-order valence-corrected chi connectivity index (χ4v) is 6.68. The number of hydrogen-bond acceptors (Lipinski definition) is 5. The number of carbonyl (C=O) groups excluding carboxylic acids is 2. The van der Waals surface area contributed by atoms with Crippen molar-refractivity contribution >= 4 is 43.5 Å². The van der Waals surface area contributed by atoms with Crippen LogP contribution in [0.25, 0.3) is 0 Å². The zero-order chi connectivity index (χ0) is 31.5. The van der Waals surface area contributed by atoms with Gasteiger partial charge in [0.2, 0.25) is 11.8 Å². The lowest BCUT2D eigenvalue weighted by molar-refractivity contribution is -0.140.